The summed E-state index contributed by atoms with van der Waals surface area (Å²) in [7, 11) is 0. The first-order valence-electron chi connectivity index (χ1n) is 5.73. The van der Waals surface area contributed by atoms with Gasteiger partial charge in [0.2, 0.25) is 0 Å². The Morgan fingerprint density at radius 3 is 2.59 bits per heavy atom. The van der Waals surface area contributed by atoms with E-state index in [9.17, 15) is 10.1 Å². The molecule has 0 saturated heterocycles. The minimum absolute atomic E-state index is 0.143. The van der Waals surface area contributed by atoms with Crippen LogP contribution in [-0.4, -0.2) is 22.5 Å². The van der Waals surface area contributed by atoms with E-state index in [-0.39, 0.29) is 10.6 Å². The van der Waals surface area contributed by atoms with E-state index in [0.29, 0.717) is 6.04 Å². The Balaban J connectivity index is 1.93. The van der Waals surface area contributed by atoms with Crippen molar-refractivity contribution in [2.24, 2.45) is 0 Å². The third kappa shape index (κ3) is 3.12. The average Bonchev–Trinajstić information content (AvgIpc) is 2.77. The molecule has 0 aromatic heterocycles. The molecule has 1 saturated carbocycles. The molecular weight excluding hydrogens is 236 g/mol. The smallest absolute Gasteiger partial charge is 0.269 e. The van der Waals surface area contributed by atoms with Crippen molar-refractivity contribution >= 4 is 23.1 Å². The summed E-state index contributed by atoms with van der Waals surface area (Å²) >= 11 is 1.92. The van der Waals surface area contributed by atoms with E-state index < -0.39 is 0 Å². The molecule has 1 aliphatic carbocycles. The van der Waals surface area contributed by atoms with Gasteiger partial charge >= 0.3 is 0 Å². The maximum absolute atomic E-state index is 10.5. The summed E-state index contributed by atoms with van der Waals surface area (Å²) in [6.07, 6.45) is 5.77. The van der Waals surface area contributed by atoms with Crippen LogP contribution in [0.25, 0.3) is 0 Å². The van der Waals surface area contributed by atoms with Crippen molar-refractivity contribution < 1.29 is 4.92 Å². The molecule has 5 heteroatoms. The van der Waals surface area contributed by atoms with E-state index in [4.69, 9.17) is 0 Å². The molecule has 0 heterocycles. The van der Waals surface area contributed by atoms with Gasteiger partial charge in [0, 0.05) is 29.1 Å². The molecule has 1 aromatic carbocycles. The lowest BCUT2D eigenvalue weighted by atomic mass is 10.2. The fourth-order valence-electron chi connectivity index (χ4n) is 2.20. The van der Waals surface area contributed by atoms with E-state index in [1.54, 1.807) is 24.3 Å². The van der Waals surface area contributed by atoms with Gasteiger partial charge in [-0.2, -0.15) is 11.8 Å². The molecule has 4 nitrogen and oxygen atoms in total. The minimum atomic E-state index is -0.372. The number of nitrogens with zero attached hydrogens (tertiary/aromatic N) is 1. The van der Waals surface area contributed by atoms with Gasteiger partial charge in [0.25, 0.3) is 5.69 Å². The number of rotatable bonds is 4. The highest BCUT2D eigenvalue weighted by molar-refractivity contribution is 7.99. The van der Waals surface area contributed by atoms with Crippen LogP contribution in [0.4, 0.5) is 11.4 Å². The number of anilines is 1. The zero-order chi connectivity index (χ0) is 12.3. The molecule has 0 radical (unpaired) electrons. The highest BCUT2D eigenvalue weighted by Crippen LogP contribution is 2.30. The van der Waals surface area contributed by atoms with Gasteiger partial charge in [-0.25, -0.2) is 0 Å². The fourth-order valence-corrected chi connectivity index (χ4v) is 3.00. The fraction of sp³-hybridized carbons (Fsp3) is 0.500. The average molecular weight is 252 g/mol. The summed E-state index contributed by atoms with van der Waals surface area (Å²) in [6, 6.07) is 7.16. The van der Waals surface area contributed by atoms with Crippen LogP contribution in [0, 0.1) is 10.1 Å². The van der Waals surface area contributed by atoms with Crippen LogP contribution >= 0.6 is 11.8 Å². The van der Waals surface area contributed by atoms with Crippen LogP contribution in [0.3, 0.4) is 0 Å². The molecule has 92 valence electrons. The maximum Gasteiger partial charge on any atom is 0.269 e. The highest BCUT2D eigenvalue weighted by atomic mass is 32.2. The lowest BCUT2D eigenvalue weighted by Crippen LogP contribution is -2.15. The Morgan fingerprint density at radius 2 is 2.06 bits per heavy atom. The molecule has 1 N–H and O–H groups in total. The second-order valence-corrected chi connectivity index (χ2v) is 5.45. The van der Waals surface area contributed by atoms with Crippen molar-refractivity contribution in [2.45, 2.75) is 30.6 Å². The largest absolute Gasteiger partial charge is 0.382 e. The van der Waals surface area contributed by atoms with Crippen LogP contribution in [-0.2, 0) is 0 Å². The third-order valence-corrected chi connectivity index (χ3v) is 4.26. The monoisotopic (exact) mass is 252 g/mol. The Labute approximate surface area is 105 Å². The maximum atomic E-state index is 10.5. The first kappa shape index (κ1) is 12.2. The normalized spacial score (nSPS) is 23.6. The number of nitro groups is 1. The van der Waals surface area contributed by atoms with Crippen molar-refractivity contribution in [1.29, 1.82) is 0 Å². The molecule has 0 spiro atoms. The van der Waals surface area contributed by atoms with E-state index in [1.807, 2.05) is 11.8 Å². The van der Waals surface area contributed by atoms with E-state index in [1.165, 1.54) is 19.3 Å². The summed E-state index contributed by atoms with van der Waals surface area (Å²) in [6.45, 7) is 0. The lowest BCUT2D eigenvalue weighted by Gasteiger charge is -2.13. The topological polar surface area (TPSA) is 55.2 Å². The predicted octanol–water partition coefficient (Wildman–Crippen LogP) is 3.29. The Bertz CT molecular complexity index is 394. The number of nitrogens with one attached hydrogen (secondary N) is 1. The summed E-state index contributed by atoms with van der Waals surface area (Å²) in [5.74, 6) is 0. The standard InChI is InChI=1S/C12H16N2O2S/c1-17-12-7-4-10(8-12)13-9-2-5-11(6-3-9)14(15)16/h2-3,5-6,10,12-13H,4,7-8H2,1H3. The van der Waals surface area contributed by atoms with Gasteiger partial charge in [-0.1, -0.05) is 0 Å². The quantitative estimate of drug-likeness (QED) is 0.660. The third-order valence-electron chi connectivity index (χ3n) is 3.17. The number of thioether (sulfide) groups is 1. The van der Waals surface area contributed by atoms with Crippen molar-refractivity contribution in [3.63, 3.8) is 0 Å². The lowest BCUT2D eigenvalue weighted by molar-refractivity contribution is -0.384. The van der Waals surface area contributed by atoms with Crippen molar-refractivity contribution in [1.82, 2.24) is 0 Å². The molecule has 0 bridgehead atoms. The molecule has 17 heavy (non-hydrogen) atoms. The SMILES string of the molecule is CSC1CCC(Nc2ccc([N+](=O)[O-])cc2)C1. The van der Waals surface area contributed by atoms with E-state index in [0.717, 1.165) is 10.9 Å². The predicted molar refractivity (Wildman–Crippen MR) is 71.7 cm³/mol. The summed E-state index contributed by atoms with van der Waals surface area (Å²) in [4.78, 5) is 10.1. The highest BCUT2D eigenvalue weighted by Gasteiger charge is 2.23. The zero-order valence-electron chi connectivity index (χ0n) is 9.76. The van der Waals surface area contributed by atoms with Crippen molar-refractivity contribution in [3.05, 3.63) is 34.4 Å². The number of nitro benzene ring substituents is 1. The molecule has 1 fully saturated rings. The molecule has 2 rings (SSSR count). The van der Waals surface area contributed by atoms with Crippen LogP contribution in [0.5, 0.6) is 0 Å². The van der Waals surface area contributed by atoms with Crippen LogP contribution < -0.4 is 5.32 Å². The molecule has 1 aromatic rings. The molecular formula is C12H16N2O2S. The second-order valence-electron chi connectivity index (χ2n) is 4.32. The van der Waals surface area contributed by atoms with E-state index >= 15 is 0 Å². The number of non-ortho nitro benzene ring substituents is 1. The summed E-state index contributed by atoms with van der Waals surface area (Å²) in [5, 5.41) is 14.7. The molecule has 0 amide bonds. The van der Waals surface area contributed by atoms with Crippen LogP contribution in [0.15, 0.2) is 24.3 Å². The molecule has 0 aliphatic heterocycles. The Kier molecular flexibility index (Phi) is 3.89. The number of hydrogen-bond donors (Lipinski definition) is 1. The Hall–Kier alpha value is -1.23. The zero-order valence-corrected chi connectivity index (χ0v) is 10.6. The van der Waals surface area contributed by atoms with Gasteiger partial charge in [-0.15, -0.1) is 0 Å². The van der Waals surface area contributed by atoms with Crippen molar-refractivity contribution in [3.8, 4) is 0 Å². The second kappa shape index (κ2) is 5.40. The van der Waals surface area contributed by atoms with Gasteiger partial charge < -0.3 is 5.32 Å². The Morgan fingerprint density at radius 1 is 1.35 bits per heavy atom. The van der Waals surface area contributed by atoms with Crippen LogP contribution in [0.1, 0.15) is 19.3 Å². The van der Waals surface area contributed by atoms with Gasteiger partial charge in [-0.3, -0.25) is 10.1 Å². The first-order valence-corrected chi connectivity index (χ1v) is 7.01. The molecule has 2 atom stereocenters. The molecule has 2 unspecified atom stereocenters. The van der Waals surface area contributed by atoms with Gasteiger partial charge in [0.05, 0.1) is 4.92 Å². The number of hydrogen-bond acceptors (Lipinski definition) is 4. The van der Waals surface area contributed by atoms with Gasteiger partial charge in [0.1, 0.15) is 0 Å². The van der Waals surface area contributed by atoms with Crippen molar-refractivity contribution in [2.75, 3.05) is 11.6 Å². The summed E-state index contributed by atoms with van der Waals surface area (Å²) in [5.41, 5.74) is 1.12. The minimum Gasteiger partial charge on any atom is -0.382 e. The summed E-state index contributed by atoms with van der Waals surface area (Å²) < 4.78 is 0. The van der Waals surface area contributed by atoms with Gasteiger partial charge in [0.15, 0.2) is 0 Å². The van der Waals surface area contributed by atoms with Gasteiger partial charge in [-0.05, 0) is 37.7 Å². The first-order chi connectivity index (χ1) is 8.19. The van der Waals surface area contributed by atoms with Crippen LogP contribution in [0.2, 0.25) is 0 Å². The number of benzene rings is 1. The van der Waals surface area contributed by atoms with E-state index in [2.05, 4.69) is 11.6 Å². The molecule has 1 aliphatic rings.